The maximum Gasteiger partial charge on any atom is 0.239 e. The monoisotopic (exact) mass is 316 g/mol. The van der Waals surface area contributed by atoms with E-state index in [1.165, 1.54) is 0 Å². The molecule has 0 spiro atoms. The second-order valence-corrected chi connectivity index (χ2v) is 6.06. The van der Waals surface area contributed by atoms with Gasteiger partial charge in [-0.3, -0.25) is 4.79 Å². The van der Waals surface area contributed by atoms with Gasteiger partial charge >= 0.3 is 0 Å². The Labute approximate surface area is 136 Å². The Morgan fingerprint density at radius 3 is 2.14 bits per heavy atom. The van der Waals surface area contributed by atoms with E-state index in [0.29, 0.717) is 32.2 Å². The van der Waals surface area contributed by atoms with Crippen LogP contribution in [0.1, 0.15) is 60.3 Å². The number of nitrogens with zero attached hydrogens (tertiary/aromatic N) is 1. The van der Waals surface area contributed by atoms with Gasteiger partial charge in [0.2, 0.25) is 5.91 Å². The standard InChI is InChI=1S/C17H36N2O3/c1-6-9-10-15(18)17(20)19(12-11-14(4)5)13-16(21-7-2)22-8-3/h14-16H,6-13,18H2,1-5H3/t15-/m0/s1. The highest BCUT2D eigenvalue weighted by molar-refractivity contribution is 5.81. The predicted molar refractivity (Wildman–Crippen MR) is 90.6 cm³/mol. The van der Waals surface area contributed by atoms with Gasteiger partial charge in [-0.05, 0) is 32.6 Å². The summed E-state index contributed by atoms with van der Waals surface area (Å²) in [6.07, 6.45) is 3.35. The van der Waals surface area contributed by atoms with Gasteiger partial charge in [-0.2, -0.15) is 0 Å². The van der Waals surface area contributed by atoms with Crippen molar-refractivity contribution in [3.63, 3.8) is 0 Å². The zero-order chi connectivity index (χ0) is 17.0. The van der Waals surface area contributed by atoms with Gasteiger partial charge in [-0.1, -0.05) is 33.6 Å². The quantitative estimate of drug-likeness (QED) is 0.531. The summed E-state index contributed by atoms with van der Waals surface area (Å²) >= 11 is 0. The van der Waals surface area contributed by atoms with Crippen LogP contribution in [0.15, 0.2) is 0 Å². The second kappa shape index (κ2) is 12.9. The Morgan fingerprint density at radius 2 is 1.68 bits per heavy atom. The molecule has 2 N–H and O–H groups in total. The Morgan fingerprint density at radius 1 is 1.09 bits per heavy atom. The van der Waals surface area contributed by atoms with Crippen molar-refractivity contribution in [3.05, 3.63) is 0 Å². The van der Waals surface area contributed by atoms with Gasteiger partial charge in [-0.25, -0.2) is 0 Å². The van der Waals surface area contributed by atoms with E-state index in [1.807, 2.05) is 18.7 Å². The molecule has 5 heteroatoms. The molecule has 22 heavy (non-hydrogen) atoms. The molecule has 1 amide bonds. The summed E-state index contributed by atoms with van der Waals surface area (Å²) in [5.74, 6) is 0.554. The first-order chi connectivity index (χ1) is 10.5. The maximum atomic E-state index is 12.6. The minimum atomic E-state index is -0.420. The molecule has 0 heterocycles. The highest BCUT2D eigenvalue weighted by Crippen LogP contribution is 2.09. The lowest BCUT2D eigenvalue weighted by molar-refractivity contribution is -0.159. The van der Waals surface area contributed by atoms with Crippen LogP contribution in [-0.4, -0.2) is 49.4 Å². The van der Waals surface area contributed by atoms with Crippen molar-refractivity contribution in [1.82, 2.24) is 4.90 Å². The van der Waals surface area contributed by atoms with E-state index in [-0.39, 0.29) is 12.2 Å². The largest absolute Gasteiger partial charge is 0.351 e. The number of rotatable bonds is 13. The minimum absolute atomic E-state index is 0.0125. The molecule has 0 fully saturated rings. The first-order valence-electron chi connectivity index (χ1n) is 8.73. The van der Waals surface area contributed by atoms with Crippen molar-refractivity contribution in [2.75, 3.05) is 26.3 Å². The van der Waals surface area contributed by atoms with Crippen LogP contribution < -0.4 is 5.73 Å². The van der Waals surface area contributed by atoms with Gasteiger partial charge < -0.3 is 20.1 Å². The average molecular weight is 316 g/mol. The highest BCUT2D eigenvalue weighted by atomic mass is 16.7. The van der Waals surface area contributed by atoms with Gasteiger partial charge in [0.1, 0.15) is 0 Å². The molecule has 0 aliphatic heterocycles. The molecule has 0 aromatic carbocycles. The fourth-order valence-corrected chi connectivity index (χ4v) is 2.19. The minimum Gasteiger partial charge on any atom is -0.351 e. The fourth-order valence-electron chi connectivity index (χ4n) is 2.19. The number of hydrogen-bond acceptors (Lipinski definition) is 4. The maximum absolute atomic E-state index is 12.6. The fraction of sp³-hybridized carbons (Fsp3) is 0.941. The summed E-state index contributed by atoms with van der Waals surface area (Å²) in [7, 11) is 0. The predicted octanol–water partition coefficient (Wildman–Crippen LogP) is 2.78. The van der Waals surface area contributed by atoms with Gasteiger partial charge in [0.05, 0.1) is 12.6 Å². The molecule has 5 nitrogen and oxygen atoms in total. The van der Waals surface area contributed by atoms with E-state index in [1.54, 1.807) is 0 Å². The van der Waals surface area contributed by atoms with Crippen LogP contribution in [0.3, 0.4) is 0 Å². The van der Waals surface area contributed by atoms with Crippen molar-refractivity contribution >= 4 is 5.91 Å². The normalized spacial score (nSPS) is 12.9. The summed E-state index contributed by atoms with van der Waals surface area (Å²) in [5.41, 5.74) is 6.06. The first-order valence-corrected chi connectivity index (χ1v) is 8.73. The van der Waals surface area contributed by atoms with E-state index in [0.717, 1.165) is 25.7 Å². The third-order valence-corrected chi connectivity index (χ3v) is 3.55. The summed E-state index contributed by atoms with van der Waals surface area (Å²) < 4.78 is 11.1. The molecule has 1 atom stereocenters. The summed E-state index contributed by atoms with van der Waals surface area (Å²) in [5, 5.41) is 0. The number of carbonyl (C=O) groups excluding carboxylic acids is 1. The van der Waals surface area contributed by atoms with Crippen molar-refractivity contribution < 1.29 is 14.3 Å². The molecule has 0 unspecified atom stereocenters. The summed E-state index contributed by atoms with van der Waals surface area (Å²) in [6, 6.07) is -0.420. The highest BCUT2D eigenvalue weighted by Gasteiger charge is 2.24. The molecular formula is C17H36N2O3. The number of ether oxygens (including phenoxy) is 2. The van der Waals surface area contributed by atoms with Gasteiger partial charge in [0.15, 0.2) is 6.29 Å². The molecule has 0 aliphatic rings. The van der Waals surface area contributed by atoms with Crippen LogP contribution in [0.25, 0.3) is 0 Å². The third kappa shape index (κ3) is 9.38. The summed E-state index contributed by atoms with van der Waals surface area (Å²) in [4.78, 5) is 14.4. The molecule has 132 valence electrons. The second-order valence-electron chi connectivity index (χ2n) is 6.06. The molecule has 0 saturated carbocycles. The first kappa shape index (κ1) is 21.4. The van der Waals surface area contributed by atoms with Crippen molar-refractivity contribution in [2.45, 2.75) is 72.6 Å². The third-order valence-electron chi connectivity index (χ3n) is 3.55. The lowest BCUT2D eigenvalue weighted by atomic mass is 10.1. The smallest absolute Gasteiger partial charge is 0.239 e. The Balaban J connectivity index is 4.73. The van der Waals surface area contributed by atoms with Crippen LogP contribution in [0, 0.1) is 5.92 Å². The number of amides is 1. The van der Waals surface area contributed by atoms with Crippen LogP contribution in [0.5, 0.6) is 0 Å². The van der Waals surface area contributed by atoms with Gasteiger partial charge in [0.25, 0.3) is 0 Å². The zero-order valence-corrected chi connectivity index (χ0v) is 15.1. The van der Waals surface area contributed by atoms with Crippen molar-refractivity contribution in [3.8, 4) is 0 Å². The van der Waals surface area contributed by atoms with Crippen molar-refractivity contribution in [1.29, 1.82) is 0 Å². The molecule has 0 rings (SSSR count). The van der Waals surface area contributed by atoms with Crippen LogP contribution >= 0.6 is 0 Å². The average Bonchev–Trinajstić information content (AvgIpc) is 2.48. The SMILES string of the molecule is CCCC[C@H](N)C(=O)N(CCC(C)C)CC(OCC)OCC. The number of hydrogen-bond donors (Lipinski definition) is 1. The van der Waals surface area contributed by atoms with Crippen LogP contribution in [-0.2, 0) is 14.3 Å². The number of unbranched alkanes of at least 4 members (excludes halogenated alkanes) is 1. The van der Waals surface area contributed by atoms with Gasteiger partial charge in [-0.15, -0.1) is 0 Å². The molecule has 0 saturated heterocycles. The van der Waals surface area contributed by atoms with E-state index >= 15 is 0 Å². The number of nitrogens with two attached hydrogens (primary N) is 1. The van der Waals surface area contributed by atoms with Gasteiger partial charge in [0, 0.05) is 19.8 Å². The Kier molecular flexibility index (Phi) is 12.5. The molecule has 0 aliphatic carbocycles. The Bertz CT molecular complexity index is 279. The molecule has 0 radical (unpaired) electrons. The van der Waals surface area contributed by atoms with E-state index in [2.05, 4.69) is 20.8 Å². The molecular weight excluding hydrogens is 280 g/mol. The molecule has 0 aromatic heterocycles. The number of carbonyl (C=O) groups is 1. The zero-order valence-electron chi connectivity index (χ0n) is 15.1. The Hall–Kier alpha value is -0.650. The summed E-state index contributed by atoms with van der Waals surface area (Å²) in [6.45, 7) is 12.6. The molecule has 0 aromatic rings. The van der Waals surface area contributed by atoms with E-state index in [9.17, 15) is 4.79 Å². The van der Waals surface area contributed by atoms with Crippen LogP contribution in [0.4, 0.5) is 0 Å². The lowest BCUT2D eigenvalue weighted by Gasteiger charge is -2.30. The van der Waals surface area contributed by atoms with E-state index in [4.69, 9.17) is 15.2 Å². The van der Waals surface area contributed by atoms with Crippen molar-refractivity contribution in [2.24, 2.45) is 11.7 Å². The molecule has 0 bridgehead atoms. The lowest BCUT2D eigenvalue weighted by Crippen LogP contribution is -2.48. The van der Waals surface area contributed by atoms with E-state index < -0.39 is 6.04 Å². The topological polar surface area (TPSA) is 64.8 Å². The van der Waals surface area contributed by atoms with Crippen LogP contribution in [0.2, 0.25) is 0 Å².